The number of rotatable bonds is 3. The topological polar surface area (TPSA) is 15.3 Å². The summed E-state index contributed by atoms with van der Waals surface area (Å²) in [7, 11) is 2.08. The molecule has 1 saturated carbocycles. The van der Waals surface area contributed by atoms with Gasteiger partial charge in [-0.2, -0.15) is 0 Å². The van der Waals surface area contributed by atoms with Crippen molar-refractivity contribution < 1.29 is 0 Å². The zero-order valence-corrected chi connectivity index (χ0v) is 10.4. The first-order valence-electron chi connectivity index (χ1n) is 6.62. The van der Waals surface area contributed by atoms with E-state index in [-0.39, 0.29) is 0 Å². The normalized spacial score (nSPS) is 34.8. The summed E-state index contributed by atoms with van der Waals surface area (Å²) in [6, 6.07) is 0.914. The second-order valence-corrected chi connectivity index (χ2v) is 5.85. The van der Waals surface area contributed by atoms with E-state index in [4.69, 9.17) is 0 Å². The number of hydrogen-bond acceptors (Lipinski definition) is 2. The molecule has 2 nitrogen and oxygen atoms in total. The molecule has 2 heteroatoms. The highest BCUT2D eigenvalue weighted by atomic mass is 15.2. The molecule has 2 fully saturated rings. The Kier molecular flexibility index (Phi) is 3.68. The molecule has 0 radical (unpaired) electrons. The van der Waals surface area contributed by atoms with E-state index in [1.165, 1.54) is 58.2 Å². The highest BCUT2D eigenvalue weighted by Crippen LogP contribution is 2.33. The van der Waals surface area contributed by atoms with Crippen molar-refractivity contribution in [3.05, 3.63) is 0 Å². The largest absolute Gasteiger partial charge is 0.319 e. The summed E-state index contributed by atoms with van der Waals surface area (Å²) < 4.78 is 0. The summed E-state index contributed by atoms with van der Waals surface area (Å²) in [6.07, 6.45) is 8.68. The van der Waals surface area contributed by atoms with Crippen molar-refractivity contribution in [1.82, 2.24) is 10.2 Å². The van der Waals surface area contributed by atoms with Crippen molar-refractivity contribution in [2.45, 2.75) is 51.5 Å². The predicted octanol–water partition coefficient (Wildman–Crippen LogP) is 2.25. The maximum absolute atomic E-state index is 3.35. The minimum absolute atomic E-state index is 0.534. The smallest absolute Gasteiger partial charge is 0.00955 e. The third-order valence-electron chi connectivity index (χ3n) is 4.28. The molecule has 0 aromatic rings. The van der Waals surface area contributed by atoms with Crippen LogP contribution in [0.3, 0.4) is 0 Å². The molecular formula is C13H26N2. The van der Waals surface area contributed by atoms with Gasteiger partial charge in [0.15, 0.2) is 0 Å². The van der Waals surface area contributed by atoms with Crippen LogP contribution in [0.2, 0.25) is 0 Å². The van der Waals surface area contributed by atoms with Gasteiger partial charge in [0.2, 0.25) is 0 Å². The third-order valence-corrected chi connectivity index (χ3v) is 4.28. The van der Waals surface area contributed by atoms with Gasteiger partial charge in [-0.3, -0.25) is 4.90 Å². The summed E-state index contributed by atoms with van der Waals surface area (Å²) >= 11 is 0. The van der Waals surface area contributed by atoms with Gasteiger partial charge in [-0.1, -0.05) is 26.2 Å². The van der Waals surface area contributed by atoms with Crippen LogP contribution in [0, 0.1) is 5.41 Å². The summed E-state index contributed by atoms with van der Waals surface area (Å²) in [5.74, 6) is 0. The molecule has 88 valence electrons. The Morgan fingerprint density at radius 2 is 2.00 bits per heavy atom. The minimum atomic E-state index is 0.534. The van der Waals surface area contributed by atoms with Gasteiger partial charge in [-0.15, -0.1) is 0 Å². The van der Waals surface area contributed by atoms with Crippen molar-refractivity contribution in [3.63, 3.8) is 0 Å². The van der Waals surface area contributed by atoms with Crippen molar-refractivity contribution in [2.75, 3.05) is 26.7 Å². The highest BCUT2D eigenvalue weighted by molar-refractivity contribution is 4.91. The molecule has 15 heavy (non-hydrogen) atoms. The van der Waals surface area contributed by atoms with Crippen molar-refractivity contribution >= 4 is 0 Å². The van der Waals surface area contributed by atoms with E-state index in [1.54, 1.807) is 0 Å². The standard InChI is InChI=1S/C13H26N2/c1-13(10-14-2)8-9-15(11-13)12-6-4-3-5-7-12/h12,14H,3-11H2,1-2H3. The summed E-state index contributed by atoms with van der Waals surface area (Å²) in [5, 5.41) is 3.35. The van der Waals surface area contributed by atoms with Gasteiger partial charge in [0.1, 0.15) is 0 Å². The van der Waals surface area contributed by atoms with Crippen molar-refractivity contribution in [1.29, 1.82) is 0 Å². The Bertz CT molecular complexity index is 199. The quantitative estimate of drug-likeness (QED) is 0.768. The Labute approximate surface area is 94.4 Å². The molecular weight excluding hydrogens is 184 g/mol. The average molecular weight is 210 g/mol. The second-order valence-electron chi connectivity index (χ2n) is 5.85. The van der Waals surface area contributed by atoms with Gasteiger partial charge in [0.05, 0.1) is 0 Å². The van der Waals surface area contributed by atoms with Crippen LogP contribution < -0.4 is 5.32 Å². The molecule has 0 aromatic heterocycles. The lowest BCUT2D eigenvalue weighted by molar-refractivity contribution is 0.169. The maximum Gasteiger partial charge on any atom is 0.00955 e. The van der Waals surface area contributed by atoms with Crippen LogP contribution in [0.5, 0.6) is 0 Å². The summed E-state index contributed by atoms with van der Waals surface area (Å²) in [4.78, 5) is 2.76. The Morgan fingerprint density at radius 1 is 1.27 bits per heavy atom. The Hall–Kier alpha value is -0.0800. The van der Waals surface area contributed by atoms with Gasteiger partial charge in [0, 0.05) is 19.1 Å². The van der Waals surface area contributed by atoms with Crippen LogP contribution in [0.1, 0.15) is 45.4 Å². The summed E-state index contributed by atoms with van der Waals surface area (Å²) in [5.41, 5.74) is 0.534. The number of hydrogen-bond donors (Lipinski definition) is 1. The van der Waals surface area contributed by atoms with Gasteiger partial charge >= 0.3 is 0 Å². The fourth-order valence-corrected chi connectivity index (χ4v) is 3.39. The minimum Gasteiger partial charge on any atom is -0.319 e. The second kappa shape index (κ2) is 4.84. The van der Waals surface area contributed by atoms with E-state index >= 15 is 0 Å². The SMILES string of the molecule is CNCC1(C)CCN(C2CCCCC2)C1. The van der Waals surface area contributed by atoms with E-state index in [0.717, 1.165) is 6.04 Å². The number of nitrogens with one attached hydrogen (secondary N) is 1. The van der Waals surface area contributed by atoms with Crippen LogP contribution >= 0.6 is 0 Å². The molecule has 0 amide bonds. The van der Waals surface area contributed by atoms with E-state index in [0.29, 0.717) is 5.41 Å². The lowest BCUT2D eigenvalue weighted by atomic mass is 9.89. The van der Waals surface area contributed by atoms with Crippen LogP contribution in [0.15, 0.2) is 0 Å². The molecule has 0 spiro atoms. The lowest BCUT2D eigenvalue weighted by Gasteiger charge is -2.32. The maximum atomic E-state index is 3.35. The first kappa shape index (κ1) is 11.4. The van der Waals surface area contributed by atoms with Crippen molar-refractivity contribution in [3.8, 4) is 0 Å². The van der Waals surface area contributed by atoms with Gasteiger partial charge in [-0.05, 0) is 38.3 Å². The van der Waals surface area contributed by atoms with E-state index in [1.807, 2.05) is 0 Å². The van der Waals surface area contributed by atoms with Gasteiger partial charge < -0.3 is 5.32 Å². The van der Waals surface area contributed by atoms with Crippen LogP contribution in [-0.4, -0.2) is 37.6 Å². The molecule has 1 aliphatic heterocycles. The first-order chi connectivity index (χ1) is 7.23. The Morgan fingerprint density at radius 3 is 2.67 bits per heavy atom. The molecule has 0 bridgehead atoms. The molecule has 1 unspecified atom stereocenters. The third kappa shape index (κ3) is 2.73. The monoisotopic (exact) mass is 210 g/mol. The van der Waals surface area contributed by atoms with Crippen LogP contribution in [-0.2, 0) is 0 Å². The average Bonchev–Trinajstić information content (AvgIpc) is 2.63. The molecule has 2 rings (SSSR count). The molecule has 1 N–H and O–H groups in total. The number of likely N-dealkylation sites (tertiary alicyclic amines) is 1. The molecule has 1 heterocycles. The predicted molar refractivity (Wildman–Crippen MR) is 65.1 cm³/mol. The zero-order chi connectivity index (χ0) is 10.7. The van der Waals surface area contributed by atoms with Crippen molar-refractivity contribution in [2.24, 2.45) is 5.41 Å². The molecule has 1 atom stereocenters. The lowest BCUT2D eigenvalue weighted by Crippen LogP contribution is -2.38. The van der Waals surface area contributed by atoms with Crippen LogP contribution in [0.25, 0.3) is 0 Å². The highest BCUT2D eigenvalue weighted by Gasteiger charge is 2.36. The van der Waals surface area contributed by atoms with E-state index in [2.05, 4.69) is 24.2 Å². The number of nitrogens with zero attached hydrogens (tertiary/aromatic N) is 1. The fourth-order valence-electron chi connectivity index (χ4n) is 3.39. The van der Waals surface area contributed by atoms with E-state index in [9.17, 15) is 0 Å². The molecule has 1 aliphatic carbocycles. The first-order valence-corrected chi connectivity index (χ1v) is 6.62. The van der Waals surface area contributed by atoms with Gasteiger partial charge in [-0.25, -0.2) is 0 Å². The van der Waals surface area contributed by atoms with Gasteiger partial charge in [0.25, 0.3) is 0 Å². The summed E-state index contributed by atoms with van der Waals surface area (Å²) in [6.45, 7) is 6.27. The zero-order valence-electron chi connectivity index (χ0n) is 10.4. The molecule has 2 aliphatic rings. The van der Waals surface area contributed by atoms with Crippen LogP contribution in [0.4, 0.5) is 0 Å². The molecule has 1 saturated heterocycles. The molecule has 0 aromatic carbocycles. The Balaban J connectivity index is 1.85. The van der Waals surface area contributed by atoms with E-state index < -0.39 is 0 Å². The fraction of sp³-hybridized carbons (Fsp3) is 1.00.